The van der Waals surface area contributed by atoms with Crippen LogP contribution in [0.2, 0.25) is 4.34 Å². The van der Waals surface area contributed by atoms with E-state index in [1.807, 2.05) is 25.9 Å². The third-order valence-corrected chi connectivity index (χ3v) is 4.50. The van der Waals surface area contributed by atoms with Crippen molar-refractivity contribution in [2.24, 2.45) is 0 Å². The predicted molar refractivity (Wildman–Crippen MR) is 94.1 cm³/mol. The molecule has 1 heterocycles. The minimum atomic E-state index is -0.507. The van der Waals surface area contributed by atoms with E-state index in [0.717, 1.165) is 11.3 Å². The van der Waals surface area contributed by atoms with E-state index in [0.29, 0.717) is 20.5 Å². The van der Waals surface area contributed by atoms with Crippen molar-refractivity contribution < 1.29 is 14.3 Å². The van der Waals surface area contributed by atoms with E-state index in [2.05, 4.69) is 5.32 Å². The topological polar surface area (TPSA) is 58.6 Å². The Hall–Kier alpha value is -2.05. The molecule has 0 saturated carbocycles. The molecule has 0 saturated heterocycles. The molecule has 0 aliphatic carbocycles. The normalized spacial score (nSPS) is 10.3. The lowest BCUT2D eigenvalue weighted by Crippen LogP contribution is -2.17. The number of carbonyl (C=O) groups is 2. The van der Waals surface area contributed by atoms with E-state index in [1.54, 1.807) is 24.3 Å². The number of hydrogen-bond donors (Lipinski definition) is 1. The van der Waals surface area contributed by atoms with Crippen LogP contribution >= 0.6 is 22.9 Å². The molecule has 0 bridgehead atoms. The van der Waals surface area contributed by atoms with Crippen molar-refractivity contribution in [1.82, 2.24) is 0 Å². The van der Waals surface area contributed by atoms with Crippen LogP contribution in [0.5, 0.6) is 0 Å². The zero-order valence-corrected chi connectivity index (χ0v) is 14.8. The molecule has 122 valence electrons. The molecule has 1 amide bonds. The van der Waals surface area contributed by atoms with Crippen LogP contribution in [-0.4, -0.2) is 33.1 Å². The summed E-state index contributed by atoms with van der Waals surface area (Å²) in [5, 5.41) is 2.76. The van der Waals surface area contributed by atoms with Crippen molar-refractivity contribution >= 4 is 46.2 Å². The first-order valence-corrected chi connectivity index (χ1v) is 8.00. The van der Waals surface area contributed by atoms with E-state index in [1.165, 1.54) is 18.4 Å². The summed E-state index contributed by atoms with van der Waals surface area (Å²) in [4.78, 5) is 26.7. The molecular formula is C16H17ClN2O3S. The molecule has 2 aromatic rings. The van der Waals surface area contributed by atoms with E-state index < -0.39 is 5.97 Å². The van der Waals surface area contributed by atoms with Crippen molar-refractivity contribution in [2.75, 3.05) is 31.4 Å². The molecule has 2 rings (SSSR count). The predicted octanol–water partition coefficient (Wildman–Crippen LogP) is 3.81. The van der Waals surface area contributed by atoms with E-state index in [4.69, 9.17) is 16.3 Å². The summed E-state index contributed by atoms with van der Waals surface area (Å²) in [6.07, 6.45) is 0. The van der Waals surface area contributed by atoms with E-state index >= 15 is 0 Å². The van der Waals surface area contributed by atoms with Gasteiger partial charge in [0.2, 0.25) is 0 Å². The molecule has 1 aromatic carbocycles. The number of methoxy groups -OCH3 is 1. The minimum absolute atomic E-state index is 0.304. The van der Waals surface area contributed by atoms with Crippen LogP contribution in [0.15, 0.2) is 24.3 Å². The summed E-state index contributed by atoms with van der Waals surface area (Å²) in [6, 6.07) is 6.76. The monoisotopic (exact) mass is 352 g/mol. The number of carbonyl (C=O) groups excluding carboxylic acids is 2. The van der Waals surface area contributed by atoms with Gasteiger partial charge in [0, 0.05) is 19.8 Å². The van der Waals surface area contributed by atoms with Gasteiger partial charge in [0.15, 0.2) is 0 Å². The number of halogens is 1. The summed E-state index contributed by atoms with van der Waals surface area (Å²) >= 11 is 7.03. The van der Waals surface area contributed by atoms with Gasteiger partial charge in [-0.25, -0.2) is 4.79 Å². The van der Waals surface area contributed by atoms with Crippen molar-refractivity contribution in [3.8, 4) is 0 Å². The number of rotatable bonds is 4. The van der Waals surface area contributed by atoms with Crippen LogP contribution in [0.4, 0.5) is 11.4 Å². The lowest BCUT2D eigenvalue weighted by Gasteiger charge is -2.19. The third-order valence-electron chi connectivity index (χ3n) is 3.27. The maximum atomic E-state index is 12.3. The highest BCUT2D eigenvalue weighted by atomic mass is 35.5. The van der Waals surface area contributed by atoms with Gasteiger partial charge in [-0.15, -0.1) is 11.3 Å². The Morgan fingerprint density at radius 2 is 1.96 bits per heavy atom. The number of thiophene rings is 1. The van der Waals surface area contributed by atoms with E-state index in [-0.39, 0.29) is 5.91 Å². The summed E-state index contributed by atoms with van der Waals surface area (Å²) in [5.74, 6) is -0.823. The van der Waals surface area contributed by atoms with Crippen LogP contribution in [0.3, 0.4) is 0 Å². The van der Waals surface area contributed by atoms with Gasteiger partial charge < -0.3 is 15.0 Å². The Bertz CT molecular complexity index is 756. The third kappa shape index (κ3) is 3.83. The molecular weight excluding hydrogens is 336 g/mol. The highest BCUT2D eigenvalue weighted by Gasteiger charge is 2.18. The van der Waals surface area contributed by atoms with Crippen LogP contribution < -0.4 is 10.2 Å². The van der Waals surface area contributed by atoms with Crippen molar-refractivity contribution in [3.05, 3.63) is 44.6 Å². The van der Waals surface area contributed by atoms with Crippen molar-refractivity contribution in [1.29, 1.82) is 0 Å². The first kappa shape index (κ1) is 17.3. The fraction of sp³-hybridized carbons (Fsp3) is 0.250. The second kappa shape index (κ2) is 7.02. The van der Waals surface area contributed by atoms with Gasteiger partial charge in [0.05, 0.1) is 27.6 Å². The Labute approximate surface area is 143 Å². The standard InChI is InChI=1S/C16H17ClN2O3S/c1-9-7-11(18-15(20)13-5-6-14(17)23-13)10(16(21)22-4)8-12(9)19(2)3/h5-8H,1-4H3,(H,18,20). The molecule has 5 nitrogen and oxygen atoms in total. The molecule has 0 radical (unpaired) electrons. The minimum Gasteiger partial charge on any atom is -0.465 e. The average molecular weight is 353 g/mol. The quantitative estimate of drug-likeness (QED) is 0.850. The number of nitrogens with one attached hydrogen (secondary N) is 1. The highest BCUT2D eigenvalue weighted by Crippen LogP contribution is 2.29. The van der Waals surface area contributed by atoms with E-state index in [9.17, 15) is 9.59 Å². The van der Waals surface area contributed by atoms with Gasteiger partial charge in [0.25, 0.3) is 5.91 Å². The van der Waals surface area contributed by atoms with Crippen LogP contribution in [0.25, 0.3) is 0 Å². The molecule has 1 N–H and O–H groups in total. The first-order valence-electron chi connectivity index (χ1n) is 6.80. The molecule has 0 fully saturated rings. The maximum Gasteiger partial charge on any atom is 0.340 e. The van der Waals surface area contributed by atoms with Crippen LogP contribution in [0, 0.1) is 6.92 Å². The number of esters is 1. The number of aryl methyl sites for hydroxylation is 1. The second-order valence-corrected chi connectivity index (χ2v) is 6.84. The number of nitrogens with zero attached hydrogens (tertiary/aromatic N) is 1. The molecule has 0 aliphatic heterocycles. The largest absolute Gasteiger partial charge is 0.465 e. The van der Waals surface area contributed by atoms with Gasteiger partial charge >= 0.3 is 5.97 Å². The van der Waals surface area contributed by atoms with Crippen molar-refractivity contribution in [2.45, 2.75) is 6.92 Å². The summed E-state index contributed by atoms with van der Waals surface area (Å²) in [7, 11) is 5.08. The Morgan fingerprint density at radius 3 is 2.48 bits per heavy atom. The second-order valence-electron chi connectivity index (χ2n) is 5.13. The van der Waals surface area contributed by atoms with Gasteiger partial charge in [0.1, 0.15) is 0 Å². The van der Waals surface area contributed by atoms with Crippen LogP contribution in [-0.2, 0) is 4.74 Å². The lowest BCUT2D eigenvalue weighted by molar-refractivity contribution is 0.0602. The summed E-state index contributed by atoms with van der Waals surface area (Å²) < 4.78 is 5.35. The molecule has 23 heavy (non-hydrogen) atoms. The molecule has 7 heteroatoms. The van der Waals surface area contributed by atoms with Gasteiger partial charge in [-0.05, 0) is 36.8 Å². The maximum absolute atomic E-state index is 12.3. The fourth-order valence-electron chi connectivity index (χ4n) is 2.18. The van der Waals surface area contributed by atoms with Gasteiger partial charge in [-0.1, -0.05) is 11.6 Å². The molecule has 0 aliphatic rings. The fourth-order valence-corrected chi connectivity index (χ4v) is 3.12. The SMILES string of the molecule is COC(=O)c1cc(N(C)C)c(C)cc1NC(=O)c1ccc(Cl)s1. The molecule has 0 spiro atoms. The number of amides is 1. The Kier molecular flexibility index (Phi) is 5.28. The first-order chi connectivity index (χ1) is 10.8. The summed E-state index contributed by atoms with van der Waals surface area (Å²) in [5.41, 5.74) is 2.53. The van der Waals surface area contributed by atoms with Crippen molar-refractivity contribution in [3.63, 3.8) is 0 Å². The zero-order chi connectivity index (χ0) is 17.1. The molecule has 0 unspecified atom stereocenters. The number of ether oxygens (including phenoxy) is 1. The highest BCUT2D eigenvalue weighted by molar-refractivity contribution is 7.18. The van der Waals surface area contributed by atoms with Gasteiger partial charge in [-0.2, -0.15) is 0 Å². The smallest absolute Gasteiger partial charge is 0.340 e. The lowest BCUT2D eigenvalue weighted by atomic mass is 10.1. The van der Waals surface area contributed by atoms with Gasteiger partial charge in [-0.3, -0.25) is 4.79 Å². The molecule has 1 aromatic heterocycles. The summed E-state index contributed by atoms with van der Waals surface area (Å²) in [6.45, 7) is 1.91. The number of benzene rings is 1. The Balaban J connectivity index is 2.42. The van der Waals surface area contributed by atoms with Crippen LogP contribution in [0.1, 0.15) is 25.6 Å². The number of hydrogen-bond acceptors (Lipinski definition) is 5. The Morgan fingerprint density at radius 1 is 1.26 bits per heavy atom. The number of anilines is 2. The molecule has 0 atom stereocenters. The average Bonchev–Trinajstić information content (AvgIpc) is 2.93. The zero-order valence-electron chi connectivity index (χ0n) is 13.3.